The van der Waals surface area contributed by atoms with Gasteiger partial charge in [0, 0.05) is 12.2 Å². The largest absolute Gasteiger partial charge is 0.352 e. The highest BCUT2D eigenvalue weighted by Crippen LogP contribution is 2.09. The van der Waals surface area contributed by atoms with Gasteiger partial charge in [-0.2, -0.15) is 4.98 Å². The van der Waals surface area contributed by atoms with Gasteiger partial charge in [-0.25, -0.2) is 4.52 Å². The van der Waals surface area contributed by atoms with Crippen molar-refractivity contribution < 1.29 is 4.79 Å². The van der Waals surface area contributed by atoms with Gasteiger partial charge in [0.05, 0.1) is 6.54 Å². The third-order valence-corrected chi connectivity index (χ3v) is 2.41. The lowest BCUT2D eigenvalue weighted by Gasteiger charge is -2.07. The summed E-state index contributed by atoms with van der Waals surface area (Å²) >= 11 is 0. The number of aryl methyl sites for hydroxylation is 1. The number of carbonyl (C=O) groups excluding carboxylic acids is 1. The van der Waals surface area contributed by atoms with Gasteiger partial charge in [-0.1, -0.05) is 6.07 Å². The fourth-order valence-electron chi connectivity index (χ4n) is 1.65. The van der Waals surface area contributed by atoms with Crippen LogP contribution in [-0.4, -0.2) is 33.1 Å². The number of nitrogens with one attached hydrogen (secondary N) is 2. The van der Waals surface area contributed by atoms with Crippen molar-refractivity contribution in [3.05, 3.63) is 23.9 Å². The quantitative estimate of drug-likeness (QED) is 0.844. The number of fused-ring (bicyclic) bond motifs is 1. The molecule has 0 unspecified atom stereocenters. The average Bonchev–Trinajstić information content (AvgIpc) is 2.70. The molecule has 0 atom stereocenters. The van der Waals surface area contributed by atoms with Crippen molar-refractivity contribution in [1.82, 2.24) is 19.9 Å². The molecule has 2 aromatic heterocycles. The van der Waals surface area contributed by atoms with Gasteiger partial charge in [-0.15, -0.1) is 5.10 Å². The standard InChI is InChI=1S/C12H17N5O/c1-8(2)14-10(18)7-13-12-15-11-9(3)5-4-6-17(11)16-12/h4-6,8H,7H2,1-3H3,(H,13,16)(H,14,18). The first-order valence-corrected chi connectivity index (χ1v) is 5.91. The summed E-state index contributed by atoms with van der Waals surface area (Å²) in [6.45, 7) is 5.99. The molecule has 2 heterocycles. The highest BCUT2D eigenvalue weighted by atomic mass is 16.1. The molecular weight excluding hydrogens is 230 g/mol. The van der Waals surface area contributed by atoms with Gasteiger partial charge >= 0.3 is 0 Å². The van der Waals surface area contributed by atoms with Crippen molar-refractivity contribution in [3.8, 4) is 0 Å². The summed E-state index contributed by atoms with van der Waals surface area (Å²) in [5.74, 6) is 0.392. The highest BCUT2D eigenvalue weighted by Gasteiger charge is 2.07. The minimum Gasteiger partial charge on any atom is -0.352 e. The zero-order valence-electron chi connectivity index (χ0n) is 10.8. The van der Waals surface area contributed by atoms with Gasteiger partial charge < -0.3 is 10.6 Å². The van der Waals surface area contributed by atoms with Crippen LogP contribution in [0, 0.1) is 6.92 Å². The Hall–Kier alpha value is -2.11. The molecular formula is C12H17N5O. The zero-order chi connectivity index (χ0) is 13.1. The van der Waals surface area contributed by atoms with Crippen LogP contribution in [0.4, 0.5) is 5.95 Å². The number of amides is 1. The summed E-state index contributed by atoms with van der Waals surface area (Å²) in [7, 11) is 0. The van der Waals surface area contributed by atoms with Crippen LogP contribution in [0.1, 0.15) is 19.4 Å². The van der Waals surface area contributed by atoms with E-state index in [0.29, 0.717) is 5.95 Å². The van der Waals surface area contributed by atoms with E-state index in [2.05, 4.69) is 20.7 Å². The molecule has 0 fully saturated rings. The van der Waals surface area contributed by atoms with Gasteiger partial charge in [-0.3, -0.25) is 4.79 Å². The monoisotopic (exact) mass is 247 g/mol. The molecule has 0 bridgehead atoms. The van der Waals surface area contributed by atoms with E-state index in [1.165, 1.54) is 0 Å². The summed E-state index contributed by atoms with van der Waals surface area (Å²) in [5, 5.41) is 9.94. The lowest BCUT2D eigenvalue weighted by molar-refractivity contribution is -0.119. The summed E-state index contributed by atoms with van der Waals surface area (Å²) < 4.78 is 1.69. The van der Waals surface area contributed by atoms with Crippen molar-refractivity contribution >= 4 is 17.5 Å². The number of nitrogens with zero attached hydrogens (tertiary/aromatic N) is 3. The molecule has 6 nitrogen and oxygen atoms in total. The fraction of sp³-hybridized carbons (Fsp3) is 0.417. The fourth-order valence-corrected chi connectivity index (χ4v) is 1.65. The Morgan fingerprint density at radius 2 is 2.28 bits per heavy atom. The molecule has 2 rings (SSSR count). The minimum atomic E-state index is -0.0689. The van der Waals surface area contributed by atoms with Crippen LogP contribution in [0.2, 0.25) is 0 Å². The summed E-state index contributed by atoms with van der Waals surface area (Å²) in [5.41, 5.74) is 1.84. The molecule has 0 saturated carbocycles. The number of rotatable bonds is 4. The maximum absolute atomic E-state index is 11.5. The van der Waals surface area contributed by atoms with Crippen molar-refractivity contribution in [2.24, 2.45) is 0 Å². The Bertz CT molecular complexity index is 561. The molecule has 2 N–H and O–H groups in total. The maximum atomic E-state index is 11.5. The van der Waals surface area contributed by atoms with Gasteiger partial charge in [0.25, 0.3) is 0 Å². The topological polar surface area (TPSA) is 71.3 Å². The smallest absolute Gasteiger partial charge is 0.243 e. The molecule has 1 amide bonds. The SMILES string of the molecule is Cc1cccn2nc(NCC(=O)NC(C)C)nc12. The predicted molar refractivity (Wildman–Crippen MR) is 69.5 cm³/mol. The van der Waals surface area contributed by atoms with Crippen LogP contribution in [0.3, 0.4) is 0 Å². The highest BCUT2D eigenvalue weighted by molar-refractivity contribution is 5.80. The molecule has 0 aliphatic heterocycles. The van der Waals surface area contributed by atoms with Crippen LogP contribution in [0.25, 0.3) is 5.65 Å². The van der Waals surface area contributed by atoms with Gasteiger partial charge in [-0.05, 0) is 32.4 Å². The zero-order valence-corrected chi connectivity index (χ0v) is 10.8. The normalized spacial score (nSPS) is 10.9. The van der Waals surface area contributed by atoms with E-state index in [0.717, 1.165) is 11.2 Å². The Morgan fingerprint density at radius 3 is 2.94 bits per heavy atom. The Kier molecular flexibility index (Phi) is 3.45. The Balaban J connectivity index is 2.04. The third-order valence-electron chi connectivity index (χ3n) is 2.41. The number of anilines is 1. The lowest BCUT2D eigenvalue weighted by atomic mass is 10.3. The van der Waals surface area contributed by atoms with Crippen molar-refractivity contribution in [1.29, 1.82) is 0 Å². The molecule has 0 spiro atoms. The third kappa shape index (κ3) is 2.77. The number of hydrogen-bond donors (Lipinski definition) is 2. The van der Waals surface area contributed by atoms with Gasteiger partial charge in [0.15, 0.2) is 5.65 Å². The molecule has 0 aromatic carbocycles. The number of hydrogen-bond acceptors (Lipinski definition) is 4. The molecule has 0 radical (unpaired) electrons. The first-order valence-electron chi connectivity index (χ1n) is 5.91. The predicted octanol–water partition coefficient (Wildman–Crippen LogP) is 0.974. The van der Waals surface area contributed by atoms with Crippen LogP contribution in [0.15, 0.2) is 18.3 Å². The van der Waals surface area contributed by atoms with Crippen molar-refractivity contribution in [2.75, 3.05) is 11.9 Å². The number of pyridine rings is 1. The van der Waals surface area contributed by atoms with Crippen LogP contribution in [0.5, 0.6) is 0 Å². The maximum Gasteiger partial charge on any atom is 0.243 e. The van der Waals surface area contributed by atoms with E-state index in [1.807, 2.05) is 39.1 Å². The van der Waals surface area contributed by atoms with Crippen LogP contribution in [-0.2, 0) is 4.79 Å². The molecule has 6 heteroatoms. The molecule has 18 heavy (non-hydrogen) atoms. The van der Waals surface area contributed by atoms with E-state index < -0.39 is 0 Å². The van der Waals surface area contributed by atoms with E-state index in [-0.39, 0.29) is 18.5 Å². The van der Waals surface area contributed by atoms with Gasteiger partial charge in [0.1, 0.15) is 0 Å². The second-order valence-corrected chi connectivity index (χ2v) is 4.47. The van der Waals surface area contributed by atoms with Crippen LogP contribution >= 0.6 is 0 Å². The second-order valence-electron chi connectivity index (χ2n) is 4.47. The first kappa shape index (κ1) is 12.3. The first-order chi connectivity index (χ1) is 8.56. The number of aromatic nitrogens is 3. The van der Waals surface area contributed by atoms with E-state index in [1.54, 1.807) is 4.52 Å². The second kappa shape index (κ2) is 5.03. The van der Waals surface area contributed by atoms with Crippen molar-refractivity contribution in [3.63, 3.8) is 0 Å². The van der Waals surface area contributed by atoms with E-state index >= 15 is 0 Å². The summed E-state index contributed by atoms with van der Waals surface area (Å²) in [6.07, 6.45) is 1.83. The molecule has 0 saturated heterocycles. The minimum absolute atomic E-state index is 0.0689. The van der Waals surface area contributed by atoms with Crippen molar-refractivity contribution in [2.45, 2.75) is 26.8 Å². The molecule has 0 aliphatic carbocycles. The Labute approximate surface area is 105 Å². The Morgan fingerprint density at radius 1 is 1.50 bits per heavy atom. The van der Waals surface area contributed by atoms with Gasteiger partial charge in [0.2, 0.25) is 11.9 Å². The van der Waals surface area contributed by atoms with Crippen LogP contribution < -0.4 is 10.6 Å². The summed E-state index contributed by atoms with van der Waals surface area (Å²) in [6, 6.07) is 4.02. The summed E-state index contributed by atoms with van der Waals surface area (Å²) in [4.78, 5) is 15.8. The van der Waals surface area contributed by atoms with E-state index in [4.69, 9.17) is 0 Å². The average molecular weight is 247 g/mol. The molecule has 96 valence electrons. The lowest BCUT2D eigenvalue weighted by Crippen LogP contribution is -2.35. The van der Waals surface area contributed by atoms with E-state index in [9.17, 15) is 4.79 Å². The molecule has 2 aromatic rings. The number of carbonyl (C=O) groups is 1. The molecule has 0 aliphatic rings.